The summed E-state index contributed by atoms with van der Waals surface area (Å²) in [5.41, 5.74) is 2.79. The fourth-order valence-corrected chi connectivity index (χ4v) is 4.76. The molecular formula is C22H25BrN4O2S2. The number of rotatable bonds is 12. The Morgan fingerprint density at radius 2 is 2.23 bits per heavy atom. The maximum Gasteiger partial charge on any atom is 0.208 e. The Hall–Kier alpha value is -1.78. The molecule has 3 rings (SSSR count). The molecule has 164 valence electrons. The molecule has 2 aromatic heterocycles. The van der Waals surface area contributed by atoms with Crippen LogP contribution in [0, 0.1) is 5.92 Å². The first-order valence-corrected chi connectivity index (χ1v) is 12.5. The number of nitrogens with one attached hydrogen (secondary N) is 1. The van der Waals surface area contributed by atoms with E-state index in [1.54, 1.807) is 6.20 Å². The van der Waals surface area contributed by atoms with Crippen LogP contribution >= 0.6 is 39.5 Å². The zero-order valence-electron chi connectivity index (χ0n) is 17.2. The topological polar surface area (TPSA) is 90.1 Å². The standard InChI is InChI=1S/C22H25BrN4O2S2/c1-2-15(12-29-31-24)6-7-26-22-19(11-25-14-27-22)21(28)20-10-17(13-30-20)8-16-4-3-5-18(23)9-16/h3-5,9-11,13-15H,2,6-8,12,24H2,1H3,(H,25,26,27). The van der Waals surface area contributed by atoms with Crippen LogP contribution in [0.5, 0.6) is 0 Å². The van der Waals surface area contributed by atoms with Gasteiger partial charge in [0.2, 0.25) is 5.78 Å². The first kappa shape index (κ1) is 23.9. The van der Waals surface area contributed by atoms with Crippen LogP contribution < -0.4 is 10.5 Å². The number of ketones is 1. The molecule has 3 N–H and O–H groups in total. The van der Waals surface area contributed by atoms with E-state index in [1.807, 2.05) is 23.6 Å². The second kappa shape index (κ2) is 12.3. The molecule has 0 radical (unpaired) electrons. The summed E-state index contributed by atoms with van der Waals surface area (Å²) in [5.74, 6) is 0.886. The number of benzene rings is 1. The van der Waals surface area contributed by atoms with E-state index in [2.05, 4.69) is 50.3 Å². The second-order valence-electron chi connectivity index (χ2n) is 7.11. The third-order valence-corrected chi connectivity index (χ3v) is 6.67. The molecule has 6 nitrogen and oxygen atoms in total. The molecule has 0 fully saturated rings. The molecule has 0 saturated carbocycles. The molecule has 0 bridgehead atoms. The molecule has 31 heavy (non-hydrogen) atoms. The Bertz CT molecular complexity index is 999. The minimum absolute atomic E-state index is 0.0662. The van der Waals surface area contributed by atoms with Gasteiger partial charge in [0.1, 0.15) is 12.1 Å². The molecule has 2 heterocycles. The van der Waals surface area contributed by atoms with E-state index in [9.17, 15) is 4.79 Å². The summed E-state index contributed by atoms with van der Waals surface area (Å²) in [5, 5.41) is 10.7. The van der Waals surface area contributed by atoms with Crippen molar-refractivity contribution in [1.29, 1.82) is 0 Å². The molecule has 0 aliphatic carbocycles. The quantitative estimate of drug-likeness (QED) is 0.185. The van der Waals surface area contributed by atoms with Gasteiger partial charge in [-0.15, -0.1) is 11.3 Å². The van der Waals surface area contributed by atoms with Crippen molar-refractivity contribution in [3.8, 4) is 0 Å². The van der Waals surface area contributed by atoms with Gasteiger partial charge in [-0.1, -0.05) is 41.4 Å². The van der Waals surface area contributed by atoms with E-state index in [-0.39, 0.29) is 5.78 Å². The van der Waals surface area contributed by atoms with Crippen LogP contribution in [0.15, 0.2) is 52.7 Å². The highest BCUT2D eigenvalue weighted by atomic mass is 79.9. The van der Waals surface area contributed by atoms with Gasteiger partial charge in [0.15, 0.2) is 0 Å². The van der Waals surface area contributed by atoms with Crippen molar-refractivity contribution in [3.63, 3.8) is 0 Å². The minimum atomic E-state index is -0.0662. The van der Waals surface area contributed by atoms with Crippen LogP contribution in [0.4, 0.5) is 5.82 Å². The van der Waals surface area contributed by atoms with Gasteiger partial charge >= 0.3 is 0 Å². The van der Waals surface area contributed by atoms with Crippen molar-refractivity contribution >= 4 is 51.1 Å². The normalized spacial score (nSPS) is 12.0. The number of nitrogens with two attached hydrogens (primary N) is 1. The summed E-state index contributed by atoms with van der Waals surface area (Å²) < 4.78 is 6.29. The summed E-state index contributed by atoms with van der Waals surface area (Å²) in [6.45, 7) is 3.41. The lowest BCUT2D eigenvalue weighted by molar-refractivity contribution is 0.104. The lowest BCUT2D eigenvalue weighted by Gasteiger charge is -2.15. The van der Waals surface area contributed by atoms with Crippen LogP contribution in [0.3, 0.4) is 0 Å². The predicted octanol–water partition coefficient (Wildman–Crippen LogP) is 5.49. The third kappa shape index (κ3) is 7.11. The molecule has 1 atom stereocenters. The summed E-state index contributed by atoms with van der Waals surface area (Å²) in [6.07, 6.45) is 5.70. The number of halogens is 1. The van der Waals surface area contributed by atoms with Crippen molar-refractivity contribution in [3.05, 3.63) is 74.3 Å². The molecule has 1 aromatic carbocycles. The highest BCUT2D eigenvalue weighted by Crippen LogP contribution is 2.24. The molecule has 0 aliphatic rings. The van der Waals surface area contributed by atoms with Crippen molar-refractivity contribution in [2.75, 3.05) is 18.5 Å². The van der Waals surface area contributed by atoms with E-state index in [4.69, 9.17) is 9.32 Å². The maximum atomic E-state index is 13.1. The molecule has 9 heteroatoms. The molecule has 0 saturated heterocycles. The minimum Gasteiger partial charge on any atom is -0.369 e. The van der Waals surface area contributed by atoms with Crippen molar-refractivity contribution in [2.45, 2.75) is 26.2 Å². The van der Waals surface area contributed by atoms with Gasteiger partial charge in [-0.2, -0.15) is 0 Å². The number of carbonyl (C=O) groups excluding carboxylic acids is 1. The van der Waals surface area contributed by atoms with E-state index in [1.165, 1.54) is 23.2 Å². The van der Waals surface area contributed by atoms with Gasteiger partial charge in [0.25, 0.3) is 0 Å². The highest BCUT2D eigenvalue weighted by molar-refractivity contribution is 9.10. The zero-order chi connectivity index (χ0) is 22.1. The number of carbonyl (C=O) groups is 1. The Labute approximate surface area is 199 Å². The number of hydrogen-bond acceptors (Lipinski definition) is 8. The van der Waals surface area contributed by atoms with Gasteiger partial charge in [0.05, 0.1) is 29.3 Å². The van der Waals surface area contributed by atoms with Crippen LogP contribution in [-0.4, -0.2) is 28.9 Å². The zero-order valence-corrected chi connectivity index (χ0v) is 20.4. The molecular weight excluding hydrogens is 496 g/mol. The van der Waals surface area contributed by atoms with Crippen LogP contribution in [-0.2, 0) is 10.6 Å². The maximum absolute atomic E-state index is 13.1. The van der Waals surface area contributed by atoms with Gasteiger partial charge in [-0.05, 0) is 53.5 Å². The monoisotopic (exact) mass is 520 g/mol. The number of thiophene rings is 1. The van der Waals surface area contributed by atoms with Crippen LogP contribution in [0.1, 0.15) is 46.1 Å². The first-order chi connectivity index (χ1) is 15.1. The van der Waals surface area contributed by atoms with Gasteiger partial charge in [-0.3, -0.25) is 9.93 Å². The number of nitrogens with zero attached hydrogens (tertiary/aromatic N) is 2. The summed E-state index contributed by atoms with van der Waals surface area (Å²) in [4.78, 5) is 22.2. The van der Waals surface area contributed by atoms with Crippen LogP contribution in [0.2, 0.25) is 0 Å². The van der Waals surface area contributed by atoms with E-state index in [0.717, 1.165) is 41.5 Å². The summed E-state index contributed by atoms with van der Waals surface area (Å²) >= 11 is 5.85. The number of hydrogen-bond donors (Lipinski definition) is 2. The van der Waals surface area contributed by atoms with E-state index in [0.29, 0.717) is 35.3 Å². The number of anilines is 1. The van der Waals surface area contributed by atoms with E-state index < -0.39 is 0 Å². The Kier molecular flexibility index (Phi) is 9.48. The van der Waals surface area contributed by atoms with E-state index >= 15 is 0 Å². The Morgan fingerprint density at radius 3 is 3.00 bits per heavy atom. The largest absolute Gasteiger partial charge is 0.369 e. The average Bonchev–Trinajstić information content (AvgIpc) is 3.24. The fourth-order valence-electron chi connectivity index (χ4n) is 3.17. The smallest absolute Gasteiger partial charge is 0.208 e. The van der Waals surface area contributed by atoms with Crippen LogP contribution in [0.25, 0.3) is 0 Å². The van der Waals surface area contributed by atoms with Crippen molar-refractivity contribution < 1.29 is 8.98 Å². The van der Waals surface area contributed by atoms with Gasteiger partial charge in [-0.25, -0.2) is 9.97 Å². The van der Waals surface area contributed by atoms with Crippen molar-refractivity contribution in [1.82, 2.24) is 9.97 Å². The predicted molar refractivity (Wildman–Crippen MR) is 131 cm³/mol. The molecule has 1 unspecified atom stereocenters. The fraction of sp³-hybridized carbons (Fsp3) is 0.318. The lowest BCUT2D eigenvalue weighted by atomic mass is 10.0. The summed E-state index contributed by atoms with van der Waals surface area (Å²) in [7, 11) is 0. The Morgan fingerprint density at radius 1 is 1.35 bits per heavy atom. The second-order valence-corrected chi connectivity index (χ2v) is 9.37. The highest BCUT2D eigenvalue weighted by Gasteiger charge is 2.18. The summed E-state index contributed by atoms with van der Waals surface area (Å²) in [6, 6.07) is 10.1. The molecule has 0 spiro atoms. The molecule has 3 aromatic rings. The Balaban J connectivity index is 1.65. The average molecular weight is 522 g/mol. The van der Waals surface area contributed by atoms with Gasteiger partial charge < -0.3 is 9.50 Å². The third-order valence-electron chi connectivity index (χ3n) is 4.93. The van der Waals surface area contributed by atoms with Crippen molar-refractivity contribution in [2.24, 2.45) is 11.1 Å². The number of aromatic nitrogens is 2. The SMILES string of the molecule is CCC(CCNc1ncncc1C(=O)c1cc(Cc2cccc(Br)c2)cs1)COSN. The molecule has 0 amide bonds. The first-order valence-electron chi connectivity index (χ1n) is 9.99. The lowest BCUT2D eigenvalue weighted by Crippen LogP contribution is -2.15. The molecule has 0 aliphatic heterocycles. The van der Waals surface area contributed by atoms with Gasteiger partial charge in [0, 0.05) is 17.2 Å².